The molecule has 1 N–H and O–H groups in total. The smallest absolute Gasteiger partial charge is 0.241 e. The second-order valence-electron chi connectivity index (χ2n) is 5.82. The van der Waals surface area contributed by atoms with E-state index >= 15 is 0 Å². The molecule has 0 amide bonds. The third kappa shape index (κ3) is 4.26. The van der Waals surface area contributed by atoms with Crippen LogP contribution in [0.2, 0.25) is 5.02 Å². The van der Waals surface area contributed by atoms with E-state index in [0.717, 1.165) is 5.56 Å². The highest BCUT2D eigenvalue weighted by molar-refractivity contribution is 7.89. The van der Waals surface area contributed by atoms with Gasteiger partial charge in [-0.05, 0) is 61.7 Å². The van der Waals surface area contributed by atoms with Gasteiger partial charge < -0.3 is 9.47 Å². The van der Waals surface area contributed by atoms with E-state index in [1.165, 1.54) is 7.11 Å². The zero-order chi connectivity index (χ0) is 18.8. The summed E-state index contributed by atoms with van der Waals surface area (Å²) in [5.41, 5.74) is 2.08. The van der Waals surface area contributed by atoms with Crippen molar-refractivity contribution in [3.05, 3.63) is 52.0 Å². The quantitative estimate of drug-likeness (QED) is 0.818. The van der Waals surface area contributed by atoms with E-state index < -0.39 is 16.1 Å². The van der Waals surface area contributed by atoms with Crippen molar-refractivity contribution in [1.29, 1.82) is 0 Å². The molecule has 0 saturated heterocycles. The zero-order valence-corrected chi connectivity index (χ0v) is 16.5. The van der Waals surface area contributed by atoms with Crippen LogP contribution in [-0.2, 0) is 10.0 Å². The fraction of sp³-hybridized carbons (Fsp3) is 0.333. The van der Waals surface area contributed by atoms with Crippen molar-refractivity contribution >= 4 is 21.6 Å². The third-order valence-electron chi connectivity index (χ3n) is 3.99. The van der Waals surface area contributed by atoms with Gasteiger partial charge in [0.2, 0.25) is 10.0 Å². The van der Waals surface area contributed by atoms with E-state index in [4.69, 9.17) is 21.1 Å². The van der Waals surface area contributed by atoms with Crippen LogP contribution in [0.4, 0.5) is 0 Å². The second-order valence-corrected chi connectivity index (χ2v) is 7.91. The number of hydrogen-bond donors (Lipinski definition) is 1. The topological polar surface area (TPSA) is 64.6 Å². The number of halogens is 1. The fourth-order valence-corrected chi connectivity index (χ4v) is 4.29. The van der Waals surface area contributed by atoms with Crippen LogP contribution in [0.3, 0.4) is 0 Å². The molecule has 2 aromatic rings. The Hall–Kier alpha value is -1.76. The molecule has 25 heavy (non-hydrogen) atoms. The molecule has 2 rings (SSSR count). The standard InChI is InChI=1S/C18H22ClNO4S/c1-11-9-18(12(2)8-15(11)19)25(21,22)20-13(3)14-6-7-16(23-4)17(10-14)24-5/h6-10,13,20H,1-5H3. The minimum absolute atomic E-state index is 0.224. The summed E-state index contributed by atoms with van der Waals surface area (Å²) in [6.45, 7) is 5.27. The molecule has 0 radical (unpaired) electrons. The minimum atomic E-state index is -3.69. The maximum Gasteiger partial charge on any atom is 0.241 e. The molecule has 0 bridgehead atoms. The van der Waals surface area contributed by atoms with E-state index in [-0.39, 0.29) is 4.90 Å². The number of benzene rings is 2. The summed E-state index contributed by atoms with van der Waals surface area (Å²) in [6.07, 6.45) is 0. The number of aryl methyl sites for hydroxylation is 2. The van der Waals surface area contributed by atoms with Crippen molar-refractivity contribution in [2.75, 3.05) is 14.2 Å². The maximum atomic E-state index is 12.8. The summed E-state index contributed by atoms with van der Waals surface area (Å²) >= 11 is 6.06. The lowest BCUT2D eigenvalue weighted by molar-refractivity contribution is 0.354. The van der Waals surface area contributed by atoms with Gasteiger partial charge in [0.25, 0.3) is 0 Å². The number of hydrogen-bond acceptors (Lipinski definition) is 4. The van der Waals surface area contributed by atoms with Crippen LogP contribution >= 0.6 is 11.6 Å². The monoisotopic (exact) mass is 383 g/mol. The Morgan fingerprint density at radius 2 is 1.64 bits per heavy atom. The molecule has 0 aromatic heterocycles. The van der Waals surface area contributed by atoms with Crippen molar-refractivity contribution in [2.45, 2.75) is 31.7 Å². The Labute approximate surface area is 154 Å². The molecular weight excluding hydrogens is 362 g/mol. The second kappa shape index (κ2) is 7.64. The first-order chi connectivity index (χ1) is 11.7. The molecule has 136 valence electrons. The summed E-state index contributed by atoms with van der Waals surface area (Å²) in [6, 6.07) is 8.10. The van der Waals surface area contributed by atoms with Crippen molar-refractivity contribution in [2.24, 2.45) is 0 Å². The normalized spacial score (nSPS) is 12.7. The molecule has 0 fully saturated rings. The first kappa shape index (κ1) is 19.6. The fourth-order valence-electron chi connectivity index (χ4n) is 2.53. The number of nitrogens with one attached hydrogen (secondary N) is 1. The SMILES string of the molecule is COc1ccc(C(C)NS(=O)(=O)c2cc(C)c(Cl)cc2C)cc1OC. The predicted molar refractivity (Wildman–Crippen MR) is 99.2 cm³/mol. The van der Waals surface area contributed by atoms with Gasteiger partial charge in [-0.1, -0.05) is 17.7 Å². The van der Waals surface area contributed by atoms with Crippen LogP contribution in [0.1, 0.15) is 29.7 Å². The molecule has 2 aromatic carbocycles. The minimum Gasteiger partial charge on any atom is -0.493 e. The number of methoxy groups -OCH3 is 2. The van der Waals surface area contributed by atoms with Crippen molar-refractivity contribution in [3.63, 3.8) is 0 Å². The first-order valence-electron chi connectivity index (χ1n) is 7.70. The summed E-state index contributed by atoms with van der Waals surface area (Å²) in [7, 11) is -0.605. The Kier molecular flexibility index (Phi) is 5.98. The van der Waals surface area contributed by atoms with Gasteiger partial charge in [-0.3, -0.25) is 0 Å². The van der Waals surface area contributed by atoms with Gasteiger partial charge in [0.05, 0.1) is 19.1 Å². The Morgan fingerprint density at radius 1 is 1.00 bits per heavy atom. The largest absolute Gasteiger partial charge is 0.493 e. The Morgan fingerprint density at radius 3 is 2.24 bits per heavy atom. The van der Waals surface area contributed by atoms with Crippen molar-refractivity contribution in [1.82, 2.24) is 4.72 Å². The highest BCUT2D eigenvalue weighted by Gasteiger charge is 2.22. The average Bonchev–Trinajstić information content (AvgIpc) is 2.56. The van der Waals surface area contributed by atoms with E-state index in [2.05, 4.69) is 4.72 Å². The van der Waals surface area contributed by atoms with Crippen LogP contribution in [0.15, 0.2) is 35.2 Å². The van der Waals surface area contributed by atoms with Gasteiger partial charge in [0.1, 0.15) is 0 Å². The van der Waals surface area contributed by atoms with E-state index in [0.29, 0.717) is 27.6 Å². The van der Waals surface area contributed by atoms with E-state index in [1.807, 2.05) is 0 Å². The molecular formula is C18H22ClNO4S. The third-order valence-corrected chi connectivity index (χ3v) is 6.08. The molecule has 7 heteroatoms. The summed E-state index contributed by atoms with van der Waals surface area (Å²) < 4.78 is 38.7. The summed E-state index contributed by atoms with van der Waals surface area (Å²) in [5.74, 6) is 1.13. The van der Waals surface area contributed by atoms with E-state index in [1.54, 1.807) is 58.2 Å². The molecule has 1 atom stereocenters. The first-order valence-corrected chi connectivity index (χ1v) is 9.56. The lowest BCUT2D eigenvalue weighted by Gasteiger charge is -2.18. The molecule has 0 aliphatic rings. The molecule has 0 heterocycles. The number of ether oxygens (including phenoxy) is 2. The highest BCUT2D eigenvalue weighted by atomic mass is 35.5. The van der Waals surface area contributed by atoms with E-state index in [9.17, 15) is 8.42 Å². The van der Waals surface area contributed by atoms with Crippen LogP contribution in [-0.4, -0.2) is 22.6 Å². The van der Waals surface area contributed by atoms with Crippen LogP contribution < -0.4 is 14.2 Å². The molecule has 1 unspecified atom stereocenters. The zero-order valence-electron chi connectivity index (χ0n) is 14.9. The van der Waals surface area contributed by atoms with Crippen LogP contribution in [0.25, 0.3) is 0 Å². The maximum absolute atomic E-state index is 12.8. The molecule has 5 nitrogen and oxygen atoms in total. The van der Waals surface area contributed by atoms with Crippen molar-refractivity contribution < 1.29 is 17.9 Å². The number of rotatable bonds is 6. The van der Waals surface area contributed by atoms with Crippen LogP contribution in [0, 0.1) is 13.8 Å². The molecule has 0 saturated carbocycles. The van der Waals surface area contributed by atoms with Gasteiger partial charge in [-0.15, -0.1) is 0 Å². The summed E-state index contributed by atoms with van der Waals surface area (Å²) in [4.78, 5) is 0.224. The van der Waals surface area contributed by atoms with Gasteiger partial charge in [-0.25, -0.2) is 13.1 Å². The lowest BCUT2D eigenvalue weighted by atomic mass is 10.1. The molecule has 0 aliphatic carbocycles. The lowest BCUT2D eigenvalue weighted by Crippen LogP contribution is -2.27. The predicted octanol–water partition coefficient (Wildman–Crippen LogP) is 4.01. The molecule has 0 spiro atoms. The highest BCUT2D eigenvalue weighted by Crippen LogP contribution is 2.31. The van der Waals surface area contributed by atoms with Gasteiger partial charge in [0.15, 0.2) is 11.5 Å². The Bertz CT molecular complexity index is 881. The van der Waals surface area contributed by atoms with Gasteiger partial charge >= 0.3 is 0 Å². The summed E-state index contributed by atoms with van der Waals surface area (Å²) in [5, 5.41) is 0.546. The number of sulfonamides is 1. The molecule has 0 aliphatic heterocycles. The Balaban J connectivity index is 2.33. The van der Waals surface area contributed by atoms with Gasteiger partial charge in [0, 0.05) is 11.1 Å². The van der Waals surface area contributed by atoms with Gasteiger partial charge in [-0.2, -0.15) is 0 Å². The average molecular weight is 384 g/mol. The van der Waals surface area contributed by atoms with Crippen molar-refractivity contribution in [3.8, 4) is 11.5 Å². The van der Waals surface area contributed by atoms with Crippen LogP contribution in [0.5, 0.6) is 11.5 Å².